The number of nitrogens with zero attached hydrogens (tertiary/aromatic N) is 9. The Balaban J connectivity index is 0.000000202. The van der Waals surface area contributed by atoms with Crippen LogP contribution >= 0.6 is 28.3 Å². The van der Waals surface area contributed by atoms with Gasteiger partial charge in [-0.25, -0.2) is 20.0 Å². The van der Waals surface area contributed by atoms with Crippen molar-refractivity contribution in [1.29, 1.82) is 0 Å². The molecule has 6 heterocycles. The molecule has 6 aromatic rings. The number of benzene rings is 2. The first-order valence-electron chi connectivity index (χ1n) is 15.5. The zero-order chi connectivity index (χ0) is 38.4. The van der Waals surface area contributed by atoms with Gasteiger partial charge < -0.3 is 25.4 Å². The van der Waals surface area contributed by atoms with Crippen LogP contribution in [-0.4, -0.2) is 50.0 Å². The first-order valence-corrected chi connectivity index (χ1v) is 23.5. The molecule has 16 heteroatoms. The summed E-state index contributed by atoms with van der Waals surface area (Å²) in [5.74, 6) is 5.27. The molecule has 272 valence electrons. The number of anilines is 1. The summed E-state index contributed by atoms with van der Waals surface area (Å²) in [6.45, 7) is 0.750. The van der Waals surface area contributed by atoms with Gasteiger partial charge in [-0.15, -0.1) is 0 Å². The minimum Gasteiger partial charge on any atom is -0.357 e. The van der Waals surface area contributed by atoms with Crippen LogP contribution in [0.1, 0.15) is 23.6 Å². The van der Waals surface area contributed by atoms with Crippen LogP contribution in [0.3, 0.4) is 0 Å². The van der Waals surface area contributed by atoms with Gasteiger partial charge >= 0.3 is 63.5 Å². The van der Waals surface area contributed by atoms with Crippen LogP contribution in [0.5, 0.6) is 0 Å². The van der Waals surface area contributed by atoms with Gasteiger partial charge in [0.2, 0.25) is 0 Å². The van der Waals surface area contributed by atoms with Crippen molar-refractivity contribution in [2.45, 2.75) is 0 Å². The summed E-state index contributed by atoms with van der Waals surface area (Å²) in [6, 6.07) is 38.4. The molecule has 0 saturated heterocycles. The van der Waals surface area contributed by atoms with Crippen molar-refractivity contribution in [2.75, 3.05) is 5.32 Å². The molecule has 1 N–H and O–H groups in total. The third kappa shape index (κ3) is 12.1. The Kier molecular flexibility index (Phi) is 17.1. The Morgan fingerprint density at radius 1 is 0.604 bits per heavy atom. The topological polar surface area (TPSA) is 144 Å². The number of amidine groups is 4. The van der Waals surface area contributed by atoms with Gasteiger partial charge in [0, 0.05) is 47.6 Å². The van der Waals surface area contributed by atoms with Crippen LogP contribution < -0.4 is 5.32 Å². The number of nitrogens with one attached hydrogen (secondary N) is 1. The summed E-state index contributed by atoms with van der Waals surface area (Å²) in [5, 5.41) is 7.82. The van der Waals surface area contributed by atoms with Gasteiger partial charge in [0.05, 0.1) is 11.6 Å². The molecule has 0 aliphatic carbocycles. The number of fused-ring (bicyclic) bond motifs is 2. The molecule has 0 atom stereocenters. The molecule has 0 unspecified atom stereocenters. The first-order chi connectivity index (χ1) is 26.6. The molecule has 53 heavy (non-hydrogen) atoms. The average Bonchev–Trinajstić information content (AvgIpc) is 3.74. The van der Waals surface area contributed by atoms with E-state index < -0.39 is 16.5 Å². The summed E-state index contributed by atoms with van der Waals surface area (Å²) in [4.78, 5) is 43.5. The SMILES string of the molecule is [2H][C-]=O.[Cl][Pt+].[Cl][Pt][Cl].c1ccc(N=C2N=C(Nc3ccccn3)c3ccccc32)nc1.c1ccc(N=C2[N-]C(=Nc3ccccn3)c3ccccc32)nc1. The monoisotopic (exact) mass is 1120 g/mol. The van der Waals surface area contributed by atoms with Gasteiger partial charge in [0.25, 0.3) is 0 Å². The Hall–Kier alpha value is -4.76. The zero-order valence-electron chi connectivity index (χ0n) is 28.1. The molecular weight excluding hydrogens is 1100 g/mol. The molecule has 2 aliphatic heterocycles. The standard InChI is InChI=1S/C18H13N5.C18H12N5.CHO.3ClH.2Pt/c2*1-2-8-14-13(7-1)17(21-15-9-3-5-11-19-15)23-18(14)22-16-10-4-6-12-20-16;1-2;;;;;/h1-12H,(H,19,20,21,22,23);1-12H;1H;3*1H;;/q;2*-1;;;;2*+2/p-3/i;;1D;;;;;. The van der Waals surface area contributed by atoms with E-state index in [1.54, 1.807) is 43.6 Å². The molecule has 0 fully saturated rings. The summed E-state index contributed by atoms with van der Waals surface area (Å²) in [6.07, 6.45) is 6.88. The van der Waals surface area contributed by atoms with E-state index in [2.05, 4.69) is 60.0 Å². The van der Waals surface area contributed by atoms with E-state index in [1.807, 2.05) is 121 Å². The number of aliphatic imine (C=N–C) groups is 4. The summed E-state index contributed by atoms with van der Waals surface area (Å²) in [5.41, 5.74) is 3.89. The third-order valence-electron chi connectivity index (χ3n) is 6.78. The minimum absolute atomic E-state index is 0.472. The van der Waals surface area contributed by atoms with Crippen LogP contribution in [0, 0.1) is 0 Å². The minimum atomic E-state index is -0.472. The fourth-order valence-corrected chi connectivity index (χ4v) is 4.70. The quantitative estimate of drug-likeness (QED) is 0.138. The number of pyridine rings is 4. The van der Waals surface area contributed by atoms with Crippen molar-refractivity contribution in [3.05, 3.63) is 174 Å². The van der Waals surface area contributed by atoms with Crippen LogP contribution in [-0.2, 0) is 40.0 Å². The van der Waals surface area contributed by atoms with E-state index in [-0.39, 0.29) is 0 Å². The van der Waals surface area contributed by atoms with Crippen molar-refractivity contribution in [2.24, 2.45) is 20.0 Å². The van der Waals surface area contributed by atoms with E-state index in [1.165, 1.54) is 0 Å². The second-order valence-electron chi connectivity index (χ2n) is 9.92. The Bertz CT molecular complexity index is 2110. The van der Waals surface area contributed by atoms with Gasteiger partial charge in [-0.05, 0) is 59.7 Å². The molecule has 0 radical (unpaired) electrons. The predicted molar refractivity (Wildman–Crippen MR) is 206 cm³/mol. The van der Waals surface area contributed by atoms with Gasteiger partial charge in [0.1, 0.15) is 11.7 Å². The van der Waals surface area contributed by atoms with E-state index >= 15 is 0 Å². The van der Waals surface area contributed by atoms with Gasteiger partial charge in [-0.3, -0.25) is 16.7 Å². The maximum Gasteiger partial charge on any atom is 0.164 e. The van der Waals surface area contributed by atoms with E-state index in [0.29, 0.717) is 35.0 Å². The second kappa shape index (κ2) is 23.0. The number of rotatable bonds is 4. The fourth-order valence-electron chi connectivity index (χ4n) is 4.70. The van der Waals surface area contributed by atoms with Crippen LogP contribution in [0.25, 0.3) is 5.32 Å². The van der Waals surface area contributed by atoms with Crippen LogP contribution in [0.4, 0.5) is 23.3 Å². The molecular formula is C37H26Cl3N10OPt2-. The Morgan fingerprint density at radius 3 is 1.43 bits per heavy atom. The Morgan fingerprint density at radius 2 is 1.00 bits per heavy atom. The largest absolute Gasteiger partial charge is 0.357 e. The molecule has 0 spiro atoms. The number of aromatic nitrogens is 4. The van der Waals surface area contributed by atoms with E-state index in [4.69, 9.17) is 25.0 Å². The smallest absolute Gasteiger partial charge is 0.164 e. The molecule has 2 aliphatic rings. The average molecular weight is 1120 g/mol. The normalized spacial score (nSPS) is 14.2. The summed E-state index contributed by atoms with van der Waals surface area (Å²) in [7, 11) is 14.4. The van der Waals surface area contributed by atoms with Crippen molar-refractivity contribution in [3.63, 3.8) is 0 Å². The summed E-state index contributed by atoms with van der Waals surface area (Å²) >= 11 is 1.14. The zero-order valence-corrected chi connectivity index (χ0v) is 33.9. The molecule has 4 aromatic heterocycles. The van der Waals surface area contributed by atoms with Crippen molar-refractivity contribution in [3.8, 4) is 0 Å². The fraction of sp³-hybridized carbons (Fsp3) is 0. The number of hydrogen-bond donors (Lipinski definition) is 1. The molecule has 2 aromatic carbocycles. The summed E-state index contributed by atoms with van der Waals surface area (Å²) < 4.78 is 5.40. The van der Waals surface area contributed by atoms with Gasteiger partial charge in [0.15, 0.2) is 11.7 Å². The van der Waals surface area contributed by atoms with E-state index in [0.717, 1.165) is 40.7 Å². The van der Waals surface area contributed by atoms with Crippen molar-refractivity contribution >= 4 is 81.6 Å². The first kappa shape index (κ1) is 39.4. The van der Waals surface area contributed by atoms with Gasteiger partial charge in [-0.1, -0.05) is 72.8 Å². The molecule has 0 saturated carbocycles. The van der Waals surface area contributed by atoms with Crippen molar-refractivity contribution in [1.82, 2.24) is 19.9 Å². The maximum absolute atomic E-state index is 8.35. The Labute approximate surface area is 339 Å². The van der Waals surface area contributed by atoms with Crippen LogP contribution in [0.15, 0.2) is 166 Å². The third-order valence-corrected chi connectivity index (χ3v) is 6.78. The molecule has 0 bridgehead atoms. The predicted octanol–water partition coefficient (Wildman–Crippen LogP) is 9.24. The molecule has 0 amide bonds. The second-order valence-corrected chi connectivity index (χ2v) is 13.2. The molecule has 8 rings (SSSR count). The van der Waals surface area contributed by atoms with E-state index in [9.17, 15) is 0 Å². The number of carbonyl (C=O) groups excluding carboxylic acids is 1. The maximum atomic E-state index is 8.35. The number of halogens is 3. The van der Waals surface area contributed by atoms with Gasteiger partial charge in [-0.2, -0.15) is 1.37 Å². The molecule has 11 nitrogen and oxygen atoms in total. The van der Waals surface area contributed by atoms with Crippen LogP contribution in [0.2, 0.25) is 0 Å². The van der Waals surface area contributed by atoms with Crippen molar-refractivity contribution < 1.29 is 41.4 Å². The number of hydrogen-bond acceptors (Lipinski definition) is 9.